The Kier molecular flexibility index (Phi) is 18.3. The molecule has 0 saturated heterocycles. The van der Waals surface area contributed by atoms with Gasteiger partial charge in [0.2, 0.25) is 0 Å². The van der Waals surface area contributed by atoms with Gasteiger partial charge < -0.3 is 21.5 Å². The molecule has 5 heteroatoms. The van der Waals surface area contributed by atoms with E-state index in [2.05, 4.69) is 18.4 Å². The summed E-state index contributed by atoms with van der Waals surface area (Å²) in [5.74, 6) is 0. The lowest BCUT2D eigenvalue weighted by Gasteiger charge is -2.26. The van der Waals surface area contributed by atoms with E-state index in [0.29, 0.717) is 5.46 Å². The first kappa shape index (κ1) is 22.4. The molecule has 0 spiro atoms. The molecule has 0 aliphatic heterocycles. The molecule has 4 nitrogen and oxygen atoms in total. The second-order valence-electron chi connectivity index (χ2n) is 4.59. The van der Waals surface area contributed by atoms with E-state index in [0.717, 1.165) is 6.42 Å². The Morgan fingerprint density at radius 2 is 1.29 bits per heavy atom. The number of aryl methyl sites for hydroxylation is 1. The molecule has 0 fully saturated rings. The molecule has 0 aliphatic carbocycles. The monoisotopic (exact) mass is 296 g/mol. The summed E-state index contributed by atoms with van der Waals surface area (Å²) in [6, 6.07) is 7.14. The van der Waals surface area contributed by atoms with Gasteiger partial charge in [-0.1, -0.05) is 70.4 Å². The normalized spacial score (nSPS) is 9.10. The molecule has 0 radical (unpaired) electrons. The highest BCUT2D eigenvalue weighted by atomic mass is 16.4. The summed E-state index contributed by atoms with van der Waals surface area (Å²) in [6.07, 6.45) is 8.79. The maximum atomic E-state index is 10.6. The zero-order valence-electron chi connectivity index (χ0n) is 14.1. The summed E-state index contributed by atoms with van der Waals surface area (Å²) in [4.78, 5) is 0. The van der Waals surface area contributed by atoms with Crippen LogP contribution in [-0.4, -0.2) is 21.2 Å². The van der Waals surface area contributed by atoms with Crippen molar-refractivity contribution in [3.8, 4) is 0 Å². The van der Waals surface area contributed by atoms with E-state index in [1.54, 1.807) is 26.2 Å². The van der Waals surface area contributed by atoms with Gasteiger partial charge in [0.1, 0.15) is 0 Å². The van der Waals surface area contributed by atoms with Crippen LogP contribution in [0.1, 0.15) is 51.0 Å². The minimum atomic E-state index is -1.85. The summed E-state index contributed by atoms with van der Waals surface area (Å²) in [7, 11) is 1.65. The van der Waals surface area contributed by atoms with Crippen LogP contribution in [0, 0.1) is 0 Å². The molecule has 1 rings (SSSR count). The van der Waals surface area contributed by atoms with Crippen LogP contribution in [0.4, 0.5) is 0 Å². The maximum absolute atomic E-state index is 10.6. The fraction of sp³-hybridized carbons (Fsp3) is 0.625. The van der Waals surface area contributed by atoms with Gasteiger partial charge in [0.15, 0.2) is 0 Å². The molecule has 0 amide bonds. The average molecular weight is 296 g/mol. The molecule has 0 atom stereocenters. The van der Waals surface area contributed by atoms with Crippen LogP contribution < -0.4 is 27.0 Å². The van der Waals surface area contributed by atoms with Crippen LogP contribution in [0.25, 0.3) is 0 Å². The molecule has 0 bridgehead atoms. The summed E-state index contributed by atoms with van der Waals surface area (Å²) in [5, 5.41) is 21.3. The molecular weight excluding hydrogens is 263 g/mol. The summed E-state index contributed by atoms with van der Waals surface area (Å²) >= 11 is 0. The summed E-state index contributed by atoms with van der Waals surface area (Å²) in [6.45, 7) is 2.22. The number of quaternary nitrogens is 2. The first-order chi connectivity index (χ1) is 10.2. The predicted octanol–water partition coefficient (Wildman–Crippen LogP) is -1.28. The standard InChI is InChI=1S/C14H21BO2.2CH5N/c1-2-3-4-5-6-7-8-13-9-11-14(12-10-13)15(16)17;2*1-2/h9-12H,2-8H2,1H3;2*2H2,1H3/q-2;;/p+2. The third kappa shape index (κ3) is 12.6. The van der Waals surface area contributed by atoms with Crippen molar-refractivity contribution in [3.05, 3.63) is 29.8 Å². The molecule has 0 aromatic heterocycles. The number of hydrogen-bond acceptors (Lipinski definition) is 2. The Labute approximate surface area is 130 Å². The van der Waals surface area contributed by atoms with Crippen molar-refractivity contribution >= 4 is 12.6 Å². The quantitative estimate of drug-likeness (QED) is 0.461. The minimum absolute atomic E-state index is 0.344. The highest BCUT2D eigenvalue weighted by molar-refractivity contribution is 6.55. The third-order valence-corrected chi connectivity index (χ3v) is 3.07. The van der Waals surface area contributed by atoms with E-state index in [4.69, 9.17) is 0 Å². The summed E-state index contributed by atoms with van der Waals surface area (Å²) < 4.78 is 0. The molecule has 6 N–H and O–H groups in total. The molecular formula is C16H33BN2O2. The van der Waals surface area contributed by atoms with Gasteiger partial charge in [0.25, 0.3) is 0 Å². The second kappa shape index (κ2) is 17.2. The SMILES string of the molecule is CCCCCCCCc1ccc(B([O-])[O-])cc1.C[NH3+].C[NH3+]. The van der Waals surface area contributed by atoms with E-state index in [-0.39, 0.29) is 0 Å². The van der Waals surface area contributed by atoms with Crippen molar-refractivity contribution in [2.24, 2.45) is 0 Å². The van der Waals surface area contributed by atoms with Crippen LogP contribution in [-0.2, 0) is 6.42 Å². The molecule has 122 valence electrons. The van der Waals surface area contributed by atoms with Crippen LogP contribution in [0.15, 0.2) is 24.3 Å². The van der Waals surface area contributed by atoms with Gasteiger partial charge in [0, 0.05) is 0 Å². The molecule has 0 aliphatic rings. The Balaban J connectivity index is 0. The molecule has 1 aromatic carbocycles. The van der Waals surface area contributed by atoms with Crippen molar-refractivity contribution in [2.45, 2.75) is 51.9 Å². The lowest BCUT2D eigenvalue weighted by Crippen LogP contribution is -2.55. The van der Waals surface area contributed by atoms with Crippen molar-refractivity contribution in [2.75, 3.05) is 14.1 Å². The van der Waals surface area contributed by atoms with Crippen molar-refractivity contribution < 1.29 is 21.5 Å². The van der Waals surface area contributed by atoms with Crippen molar-refractivity contribution in [1.82, 2.24) is 0 Å². The van der Waals surface area contributed by atoms with Crippen LogP contribution in [0.5, 0.6) is 0 Å². The highest BCUT2D eigenvalue weighted by Crippen LogP contribution is 2.09. The first-order valence-corrected chi connectivity index (χ1v) is 8.06. The zero-order valence-corrected chi connectivity index (χ0v) is 14.1. The van der Waals surface area contributed by atoms with E-state index in [1.165, 1.54) is 44.1 Å². The Hall–Kier alpha value is -0.875. The predicted molar refractivity (Wildman–Crippen MR) is 86.5 cm³/mol. The second-order valence-corrected chi connectivity index (χ2v) is 4.59. The number of rotatable bonds is 8. The van der Waals surface area contributed by atoms with Crippen LogP contribution >= 0.6 is 0 Å². The van der Waals surface area contributed by atoms with Gasteiger partial charge in [-0.3, -0.25) is 0 Å². The van der Waals surface area contributed by atoms with Gasteiger partial charge >= 0.3 is 0 Å². The largest absolute Gasteiger partial charge is 0.889 e. The minimum Gasteiger partial charge on any atom is -0.889 e. The van der Waals surface area contributed by atoms with E-state index in [1.807, 2.05) is 12.1 Å². The Morgan fingerprint density at radius 3 is 1.76 bits per heavy atom. The van der Waals surface area contributed by atoms with E-state index in [9.17, 15) is 10.0 Å². The molecule has 0 heterocycles. The third-order valence-electron chi connectivity index (χ3n) is 3.07. The molecule has 0 unspecified atom stereocenters. The number of unbranched alkanes of at least 4 members (excludes halogenated alkanes) is 5. The van der Waals surface area contributed by atoms with Gasteiger partial charge in [0.05, 0.1) is 14.1 Å². The summed E-state index contributed by atoms with van der Waals surface area (Å²) in [5.41, 5.74) is 8.07. The molecule has 0 saturated carbocycles. The fourth-order valence-corrected chi connectivity index (χ4v) is 1.95. The number of benzene rings is 1. The zero-order chi connectivity index (χ0) is 16.5. The lowest BCUT2D eigenvalue weighted by molar-refractivity contribution is -0.341. The van der Waals surface area contributed by atoms with Crippen LogP contribution in [0.3, 0.4) is 0 Å². The van der Waals surface area contributed by atoms with Gasteiger partial charge in [-0.2, -0.15) is 0 Å². The van der Waals surface area contributed by atoms with Gasteiger partial charge in [-0.15, -0.1) is 5.46 Å². The first-order valence-electron chi connectivity index (χ1n) is 8.06. The maximum Gasteiger partial charge on any atom is 0.0634 e. The van der Waals surface area contributed by atoms with Crippen LogP contribution in [0.2, 0.25) is 0 Å². The molecule has 1 aromatic rings. The fourth-order valence-electron chi connectivity index (χ4n) is 1.95. The van der Waals surface area contributed by atoms with E-state index < -0.39 is 7.12 Å². The van der Waals surface area contributed by atoms with E-state index >= 15 is 0 Å². The lowest BCUT2D eigenvalue weighted by atomic mass is 9.80. The van der Waals surface area contributed by atoms with Gasteiger partial charge in [-0.25, -0.2) is 0 Å². The smallest absolute Gasteiger partial charge is 0.0634 e. The topological polar surface area (TPSA) is 101 Å². The van der Waals surface area contributed by atoms with Gasteiger partial charge in [-0.05, 0) is 18.4 Å². The Bertz CT molecular complexity index is 306. The molecule has 21 heavy (non-hydrogen) atoms. The highest BCUT2D eigenvalue weighted by Gasteiger charge is 1.94. The van der Waals surface area contributed by atoms with Crippen molar-refractivity contribution in [3.63, 3.8) is 0 Å². The Morgan fingerprint density at radius 1 is 0.810 bits per heavy atom. The number of hydrogen-bond donors (Lipinski definition) is 2. The average Bonchev–Trinajstić information content (AvgIpc) is 2.55. The van der Waals surface area contributed by atoms with Crippen molar-refractivity contribution in [1.29, 1.82) is 0 Å².